The Bertz CT molecular complexity index is 319. The smallest absolute Gasteiger partial charge is 0.246 e. The van der Waals surface area contributed by atoms with Gasteiger partial charge in [0.1, 0.15) is 0 Å². The maximum absolute atomic E-state index is 11.7. The summed E-state index contributed by atoms with van der Waals surface area (Å²) < 4.78 is 0. The van der Waals surface area contributed by atoms with Gasteiger partial charge in [0.05, 0.1) is 12.5 Å². The fourth-order valence-electron chi connectivity index (χ4n) is 2.74. The van der Waals surface area contributed by atoms with Crippen LogP contribution in [-0.4, -0.2) is 60.4 Å². The maximum atomic E-state index is 11.7. The number of nitrogens with zero attached hydrogens (tertiary/aromatic N) is 2. The molecule has 5 nitrogen and oxygen atoms in total. The van der Waals surface area contributed by atoms with E-state index < -0.39 is 0 Å². The first-order valence-electron chi connectivity index (χ1n) is 6.41. The molecule has 2 fully saturated rings. The predicted octanol–water partition coefficient (Wildman–Crippen LogP) is -0.182. The topological polar surface area (TPSA) is 52.7 Å². The number of carbonyl (C=O) groups is 2. The van der Waals surface area contributed by atoms with E-state index in [1.54, 1.807) is 7.05 Å². The first-order chi connectivity index (χ1) is 8.13. The molecule has 2 atom stereocenters. The minimum Gasteiger partial charge on any atom is -0.304 e. The SMILES string of the molecule is CCN1CCCC1CNC1CC(=O)N(C)C1=O. The zero-order valence-electron chi connectivity index (χ0n) is 10.6. The molecule has 2 saturated heterocycles. The van der Waals surface area contributed by atoms with Gasteiger partial charge in [0.15, 0.2) is 0 Å². The van der Waals surface area contributed by atoms with Crippen molar-refractivity contribution in [2.45, 2.75) is 38.3 Å². The lowest BCUT2D eigenvalue weighted by molar-refractivity contribution is -0.137. The second-order valence-electron chi connectivity index (χ2n) is 4.88. The van der Waals surface area contributed by atoms with Crippen molar-refractivity contribution in [1.29, 1.82) is 0 Å². The van der Waals surface area contributed by atoms with Crippen LogP contribution in [0.3, 0.4) is 0 Å². The van der Waals surface area contributed by atoms with E-state index in [4.69, 9.17) is 0 Å². The van der Waals surface area contributed by atoms with Gasteiger partial charge in [0.2, 0.25) is 11.8 Å². The van der Waals surface area contributed by atoms with Crippen molar-refractivity contribution in [1.82, 2.24) is 15.1 Å². The zero-order valence-corrected chi connectivity index (χ0v) is 10.6. The molecule has 0 spiro atoms. The molecular weight excluding hydrogens is 218 g/mol. The highest BCUT2D eigenvalue weighted by Crippen LogP contribution is 2.17. The summed E-state index contributed by atoms with van der Waals surface area (Å²) in [5.41, 5.74) is 0. The van der Waals surface area contributed by atoms with Crippen LogP contribution >= 0.6 is 0 Å². The standard InChI is InChI=1S/C12H21N3O2/c1-3-15-6-4-5-9(15)8-13-10-7-11(16)14(2)12(10)17/h9-10,13H,3-8H2,1-2H3. The van der Waals surface area contributed by atoms with Gasteiger partial charge in [0.25, 0.3) is 0 Å². The molecule has 2 aliphatic heterocycles. The number of likely N-dealkylation sites (tertiary alicyclic amines) is 2. The van der Waals surface area contributed by atoms with Crippen LogP contribution in [0.15, 0.2) is 0 Å². The monoisotopic (exact) mass is 239 g/mol. The first kappa shape index (κ1) is 12.5. The summed E-state index contributed by atoms with van der Waals surface area (Å²) in [6.45, 7) is 5.19. The number of likely N-dealkylation sites (N-methyl/N-ethyl adjacent to an activating group) is 2. The van der Waals surface area contributed by atoms with E-state index in [2.05, 4.69) is 17.1 Å². The number of imide groups is 1. The van der Waals surface area contributed by atoms with Crippen molar-refractivity contribution in [2.75, 3.05) is 26.7 Å². The lowest BCUT2D eigenvalue weighted by Gasteiger charge is -2.24. The van der Waals surface area contributed by atoms with Crippen molar-refractivity contribution < 1.29 is 9.59 Å². The lowest BCUT2D eigenvalue weighted by atomic mass is 10.2. The molecule has 0 bridgehead atoms. The Kier molecular flexibility index (Phi) is 3.79. The van der Waals surface area contributed by atoms with Gasteiger partial charge in [-0.3, -0.25) is 19.4 Å². The summed E-state index contributed by atoms with van der Waals surface area (Å²) in [5.74, 6) is -0.165. The summed E-state index contributed by atoms with van der Waals surface area (Å²) >= 11 is 0. The Hall–Kier alpha value is -0.940. The third-order valence-electron chi connectivity index (χ3n) is 3.89. The van der Waals surface area contributed by atoms with Gasteiger partial charge in [-0.1, -0.05) is 6.92 Å². The van der Waals surface area contributed by atoms with Crippen molar-refractivity contribution in [2.24, 2.45) is 0 Å². The van der Waals surface area contributed by atoms with E-state index in [-0.39, 0.29) is 17.9 Å². The van der Waals surface area contributed by atoms with Crippen molar-refractivity contribution >= 4 is 11.8 Å². The van der Waals surface area contributed by atoms with Crippen molar-refractivity contribution in [3.05, 3.63) is 0 Å². The Morgan fingerprint density at radius 3 is 2.76 bits per heavy atom. The van der Waals surface area contributed by atoms with Crippen molar-refractivity contribution in [3.8, 4) is 0 Å². The molecule has 0 aromatic carbocycles. The average molecular weight is 239 g/mol. The van der Waals surface area contributed by atoms with Gasteiger partial charge in [-0.15, -0.1) is 0 Å². The summed E-state index contributed by atoms with van der Waals surface area (Å²) in [6.07, 6.45) is 2.73. The molecule has 0 aromatic heterocycles. The van der Waals surface area contributed by atoms with Crippen LogP contribution in [-0.2, 0) is 9.59 Å². The number of hydrogen-bond donors (Lipinski definition) is 1. The molecule has 2 rings (SSSR count). The lowest BCUT2D eigenvalue weighted by Crippen LogP contribution is -2.44. The fourth-order valence-corrected chi connectivity index (χ4v) is 2.74. The van der Waals surface area contributed by atoms with Crippen LogP contribution < -0.4 is 5.32 Å². The summed E-state index contributed by atoms with van der Waals surface area (Å²) in [7, 11) is 1.56. The Morgan fingerprint density at radius 1 is 1.41 bits per heavy atom. The summed E-state index contributed by atoms with van der Waals surface area (Å²) in [4.78, 5) is 26.7. The summed E-state index contributed by atoms with van der Waals surface area (Å²) in [5, 5.41) is 3.24. The number of hydrogen-bond acceptors (Lipinski definition) is 4. The number of nitrogens with one attached hydrogen (secondary N) is 1. The Morgan fingerprint density at radius 2 is 2.18 bits per heavy atom. The van der Waals surface area contributed by atoms with E-state index >= 15 is 0 Å². The first-order valence-corrected chi connectivity index (χ1v) is 6.41. The van der Waals surface area contributed by atoms with Crippen LogP contribution in [0.2, 0.25) is 0 Å². The second kappa shape index (κ2) is 5.14. The molecule has 0 aliphatic carbocycles. The minimum atomic E-state index is -0.299. The molecule has 0 radical (unpaired) electrons. The highest BCUT2D eigenvalue weighted by Gasteiger charge is 2.36. The third kappa shape index (κ3) is 2.50. The van der Waals surface area contributed by atoms with E-state index in [0.29, 0.717) is 12.5 Å². The fraction of sp³-hybridized carbons (Fsp3) is 0.833. The third-order valence-corrected chi connectivity index (χ3v) is 3.89. The molecule has 0 saturated carbocycles. The van der Waals surface area contributed by atoms with Gasteiger partial charge in [-0.25, -0.2) is 0 Å². The normalized spacial score (nSPS) is 30.6. The quantitative estimate of drug-likeness (QED) is 0.691. The minimum absolute atomic E-state index is 0.0775. The van der Waals surface area contributed by atoms with Crippen LogP contribution in [0.4, 0.5) is 0 Å². The van der Waals surface area contributed by atoms with Gasteiger partial charge in [-0.2, -0.15) is 0 Å². The van der Waals surface area contributed by atoms with E-state index in [0.717, 1.165) is 19.6 Å². The van der Waals surface area contributed by atoms with Crippen molar-refractivity contribution in [3.63, 3.8) is 0 Å². The van der Waals surface area contributed by atoms with Gasteiger partial charge < -0.3 is 5.32 Å². The van der Waals surface area contributed by atoms with Crippen LogP contribution in [0, 0.1) is 0 Å². The largest absolute Gasteiger partial charge is 0.304 e. The number of amides is 2. The maximum Gasteiger partial charge on any atom is 0.246 e. The number of carbonyl (C=O) groups excluding carboxylic acids is 2. The molecule has 5 heteroatoms. The average Bonchev–Trinajstić information content (AvgIpc) is 2.87. The van der Waals surface area contributed by atoms with E-state index in [1.165, 1.54) is 17.7 Å². The Balaban J connectivity index is 1.83. The van der Waals surface area contributed by atoms with Crippen LogP contribution in [0.25, 0.3) is 0 Å². The molecule has 2 aliphatic rings. The van der Waals surface area contributed by atoms with Gasteiger partial charge in [0, 0.05) is 19.6 Å². The molecule has 96 valence electrons. The zero-order chi connectivity index (χ0) is 12.4. The molecule has 0 aromatic rings. The molecule has 2 heterocycles. The highest BCUT2D eigenvalue weighted by molar-refractivity contribution is 6.05. The Labute approximate surface area is 102 Å². The molecular formula is C12H21N3O2. The van der Waals surface area contributed by atoms with Crippen LogP contribution in [0.1, 0.15) is 26.2 Å². The highest BCUT2D eigenvalue weighted by atomic mass is 16.2. The number of rotatable bonds is 4. The van der Waals surface area contributed by atoms with Gasteiger partial charge >= 0.3 is 0 Å². The van der Waals surface area contributed by atoms with E-state index in [1.807, 2.05) is 0 Å². The molecule has 17 heavy (non-hydrogen) atoms. The molecule has 2 amide bonds. The van der Waals surface area contributed by atoms with Gasteiger partial charge in [-0.05, 0) is 25.9 Å². The predicted molar refractivity (Wildman–Crippen MR) is 64.5 cm³/mol. The van der Waals surface area contributed by atoms with E-state index in [9.17, 15) is 9.59 Å². The molecule has 1 N–H and O–H groups in total. The second-order valence-corrected chi connectivity index (χ2v) is 4.88. The van der Waals surface area contributed by atoms with Crippen LogP contribution in [0.5, 0.6) is 0 Å². The molecule has 2 unspecified atom stereocenters. The summed E-state index contributed by atoms with van der Waals surface area (Å²) in [6, 6.07) is 0.223.